The third kappa shape index (κ3) is 6.53. The molecular formula is C12H13BrFN6O5S2-. The maximum Gasteiger partial charge on any atom is 0.228 e. The van der Waals surface area contributed by atoms with Crippen LogP contribution in [0, 0.1) is 5.82 Å². The zero-order chi connectivity index (χ0) is 20.0. The molecule has 0 fully saturated rings. The molecule has 15 heteroatoms. The summed E-state index contributed by atoms with van der Waals surface area (Å²) in [7, 11) is -5.66. The minimum absolute atomic E-state index is 0.0104. The van der Waals surface area contributed by atoms with Crippen LogP contribution in [0.25, 0.3) is 0 Å². The summed E-state index contributed by atoms with van der Waals surface area (Å²) in [5.41, 5.74) is 2.12. The number of anilines is 1. The van der Waals surface area contributed by atoms with E-state index >= 15 is 0 Å². The van der Waals surface area contributed by atoms with Gasteiger partial charge in [-0.2, -0.15) is 10.6 Å². The van der Waals surface area contributed by atoms with Crippen molar-refractivity contribution in [2.45, 2.75) is 0 Å². The van der Waals surface area contributed by atoms with E-state index in [4.69, 9.17) is 0 Å². The third-order valence-corrected chi connectivity index (χ3v) is 5.66. The van der Waals surface area contributed by atoms with Crippen LogP contribution < -0.4 is 10.8 Å². The number of benzene rings is 1. The summed E-state index contributed by atoms with van der Waals surface area (Å²) in [6.07, 6.45) is 0.835. The predicted octanol–water partition coefficient (Wildman–Crippen LogP) is 1.55. The van der Waals surface area contributed by atoms with Crippen LogP contribution in [0.5, 0.6) is 0 Å². The molecule has 27 heavy (non-hydrogen) atoms. The Bertz CT molecular complexity index is 1030. The van der Waals surface area contributed by atoms with Crippen molar-refractivity contribution in [3.8, 4) is 0 Å². The van der Waals surface area contributed by atoms with Gasteiger partial charge in [-0.1, -0.05) is 5.75 Å². The zero-order valence-corrected chi connectivity index (χ0v) is 16.8. The van der Waals surface area contributed by atoms with Crippen molar-refractivity contribution in [1.29, 1.82) is 0 Å². The molecule has 2 aromatic rings. The van der Waals surface area contributed by atoms with Gasteiger partial charge in [-0.3, -0.25) is 14.5 Å². The van der Waals surface area contributed by atoms with Gasteiger partial charge in [0.25, 0.3) is 0 Å². The molecule has 0 aliphatic rings. The highest BCUT2D eigenvalue weighted by Crippen LogP contribution is 2.23. The van der Waals surface area contributed by atoms with Gasteiger partial charge in [-0.05, 0) is 44.4 Å². The van der Waals surface area contributed by atoms with E-state index in [0.29, 0.717) is 5.69 Å². The number of rotatable bonds is 7. The van der Waals surface area contributed by atoms with Gasteiger partial charge in [-0.15, -0.1) is 0 Å². The fourth-order valence-electron chi connectivity index (χ4n) is 1.72. The van der Waals surface area contributed by atoms with Gasteiger partial charge in [-0.25, -0.2) is 22.4 Å². The molecule has 0 bridgehead atoms. The average Bonchev–Trinajstić information content (AvgIpc) is 3.02. The predicted molar refractivity (Wildman–Crippen MR) is 98.2 cm³/mol. The average molecular weight is 484 g/mol. The van der Waals surface area contributed by atoms with Gasteiger partial charge >= 0.3 is 0 Å². The van der Waals surface area contributed by atoms with E-state index in [1.54, 1.807) is 0 Å². The highest BCUT2D eigenvalue weighted by Gasteiger charge is 2.16. The largest absolute Gasteiger partial charge is 0.443 e. The van der Waals surface area contributed by atoms with Crippen LogP contribution in [0.15, 0.2) is 36.1 Å². The first kappa shape index (κ1) is 21.2. The fraction of sp³-hybridized carbons (Fsp3) is 0.250. The smallest absolute Gasteiger partial charge is 0.228 e. The van der Waals surface area contributed by atoms with E-state index in [1.165, 1.54) is 18.2 Å². The topological polar surface area (TPSA) is 159 Å². The number of aliphatic imine (C=N–C) groups is 1. The number of sulfonamides is 1. The maximum atomic E-state index is 13.3. The van der Waals surface area contributed by atoms with Crippen LogP contribution >= 0.6 is 15.9 Å². The monoisotopic (exact) mass is 483 g/mol. The molecule has 1 aromatic heterocycles. The normalized spacial score (nSPS) is 13.6. The second kappa shape index (κ2) is 9.20. The molecule has 0 aliphatic heterocycles. The number of hydrogen-bond acceptors (Lipinski definition) is 10. The standard InChI is InChI=1S/C12H13BrFN6O5S2/c1-27(23,24)20-26(22)5-4-15-11-10(18-25-19-11)12(17-21)16-7-2-3-9(14)8(13)6-7/h2-3,6,21H,4-5H2,1H3,(H,15,19)(H,16,17)/q-1. The summed E-state index contributed by atoms with van der Waals surface area (Å²) in [6, 6.07) is 3.93. The first-order valence-corrected chi connectivity index (χ1v) is 10.9. The van der Waals surface area contributed by atoms with Crippen LogP contribution in [0.4, 0.5) is 15.9 Å². The second-order valence-corrected chi connectivity index (χ2v) is 8.86. The molecule has 0 spiro atoms. The van der Waals surface area contributed by atoms with Gasteiger partial charge in [0, 0.05) is 6.54 Å². The van der Waals surface area contributed by atoms with Crippen LogP contribution in [0.3, 0.4) is 0 Å². The molecule has 0 saturated heterocycles. The van der Waals surface area contributed by atoms with Gasteiger partial charge < -0.3 is 9.53 Å². The van der Waals surface area contributed by atoms with Crippen LogP contribution in [0.1, 0.15) is 5.69 Å². The van der Waals surface area contributed by atoms with E-state index in [0.717, 1.165) is 6.26 Å². The summed E-state index contributed by atoms with van der Waals surface area (Å²) in [5, 5.41) is 19.2. The maximum absolute atomic E-state index is 13.3. The van der Waals surface area contributed by atoms with Crippen molar-refractivity contribution < 1.29 is 26.9 Å². The minimum Gasteiger partial charge on any atom is -0.443 e. The highest BCUT2D eigenvalue weighted by molar-refractivity contribution is 9.10. The van der Waals surface area contributed by atoms with Crippen LogP contribution in [-0.2, 0) is 24.8 Å². The lowest BCUT2D eigenvalue weighted by Gasteiger charge is -2.07. The van der Waals surface area contributed by atoms with Crippen molar-refractivity contribution in [2.75, 3.05) is 23.9 Å². The Morgan fingerprint density at radius 2 is 2.19 bits per heavy atom. The molecule has 3 N–H and O–H groups in total. The summed E-state index contributed by atoms with van der Waals surface area (Å²) in [4.78, 5) is 4.07. The summed E-state index contributed by atoms with van der Waals surface area (Å²) < 4.78 is 54.5. The lowest BCUT2D eigenvalue weighted by atomic mass is 10.3. The Balaban J connectivity index is 2.16. The molecule has 148 valence electrons. The number of halogens is 2. The van der Waals surface area contributed by atoms with Gasteiger partial charge in [0.2, 0.25) is 15.8 Å². The number of hydrogen-bond donors (Lipinski definition) is 3. The fourth-order valence-corrected chi connectivity index (χ4v) is 3.87. The van der Waals surface area contributed by atoms with E-state index in [9.17, 15) is 22.2 Å². The van der Waals surface area contributed by atoms with Crippen LogP contribution in [-0.4, -0.2) is 48.3 Å². The molecule has 0 amide bonds. The second-order valence-electron chi connectivity index (χ2n) is 4.89. The number of amidine groups is 1. The Kier molecular flexibility index (Phi) is 7.23. The summed E-state index contributed by atoms with van der Waals surface area (Å²) in [5.74, 6) is -0.707. The SMILES string of the molecule is CS(=O)(=O)N=[S-](=O)CCNc1nonc1C(=Nc1ccc(F)c(Br)c1)NO. The van der Waals surface area contributed by atoms with Gasteiger partial charge in [0.15, 0.2) is 11.5 Å². The third-order valence-electron chi connectivity index (χ3n) is 2.75. The molecular weight excluding hydrogens is 471 g/mol. The van der Waals surface area contributed by atoms with Crippen molar-refractivity contribution in [3.05, 3.63) is 34.2 Å². The van der Waals surface area contributed by atoms with Crippen molar-refractivity contribution in [1.82, 2.24) is 15.8 Å². The van der Waals surface area contributed by atoms with Gasteiger partial charge in [0.05, 0.1) is 16.4 Å². The van der Waals surface area contributed by atoms with Crippen molar-refractivity contribution in [2.24, 2.45) is 8.76 Å². The van der Waals surface area contributed by atoms with Crippen molar-refractivity contribution in [3.63, 3.8) is 0 Å². The number of hydroxylamine groups is 1. The van der Waals surface area contributed by atoms with E-state index in [2.05, 4.69) is 44.9 Å². The zero-order valence-electron chi connectivity index (χ0n) is 13.6. The lowest BCUT2D eigenvalue weighted by molar-refractivity contribution is 0.234. The quantitative estimate of drug-likeness (QED) is 0.229. The number of aromatic nitrogens is 2. The Labute approximate surface area is 163 Å². The van der Waals surface area contributed by atoms with E-state index < -0.39 is 26.4 Å². The molecule has 1 aromatic carbocycles. The number of nitrogens with zero attached hydrogens (tertiary/aromatic N) is 4. The molecule has 1 heterocycles. The molecule has 0 aliphatic carbocycles. The van der Waals surface area contributed by atoms with Crippen molar-refractivity contribution >= 4 is 53.9 Å². The molecule has 2 rings (SSSR count). The van der Waals surface area contributed by atoms with Crippen LogP contribution in [0.2, 0.25) is 0 Å². The number of nitrogens with one attached hydrogen (secondary N) is 2. The van der Waals surface area contributed by atoms with E-state index in [1.807, 2.05) is 5.48 Å². The first-order valence-electron chi connectivity index (χ1n) is 7.01. The molecule has 0 saturated carbocycles. The molecule has 0 atom stereocenters. The highest BCUT2D eigenvalue weighted by atomic mass is 79.9. The summed E-state index contributed by atoms with van der Waals surface area (Å²) >= 11 is 3.02. The Morgan fingerprint density at radius 3 is 2.81 bits per heavy atom. The molecule has 0 radical (unpaired) electrons. The Hall–Kier alpha value is -2.10. The minimum atomic E-state index is -3.72. The summed E-state index contributed by atoms with van der Waals surface area (Å²) in [6.45, 7) is 0.0215. The van der Waals surface area contributed by atoms with Gasteiger partial charge in [0.1, 0.15) is 5.82 Å². The molecule has 11 nitrogen and oxygen atoms in total. The Morgan fingerprint density at radius 1 is 1.44 bits per heavy atom. The first-order chi connectivity index (χ1) is 12.7. The lowest BCUT2D eigenvalue weighted by Crippen LogP contribution is -2.22. The molecule has 0 unspecified atom stereocenters. The van der Waals surface area contributed by atoms with E-state index in [-0.39, 0.29) is 34.1 Å².